The smallest absolute Gasteiger partial charge is 0.293 e. The van der Waals surface area contributed by atoms with Gasteiger partial charge in [0, 0.05) is 5.39 Å². The van der Waals surface area contributed by atoms with Crippen molar-refractivity contribution >= 4 is 10.8 Å². The third kappa shape index (κ3) is 1.54. The first-order valence-electron chi connectivity index (χ1n) is 4.84. The van der Waals surface area contributed by atoms with Gasteiger partial charge in [0.15, 0.2) is 12.9 Å². The standard InChI is InChI=1S/C12H8NO3/c1-2-4-10-9(3-1)7-15-12(10)16-8-11-13-5-6-14-11/h1-6H,8H2. The number of nitrogens with zero attached hydrogens (tertiary/aromatic N) is 1. The fourth-order valence-corrected chi connectivity index (χ4v) is 1.47. The summed E-state index contributed by atoms with van der Waals surface area (Å²) in [6.45, 7) is 0.248. The molecule has 0 saturated heterocycles. The molecule has 0 unspecified atom stereocenters. The van der Waals surface area contributed by atoms with Crippen molar-refractivity contribution in [2.75, 3.05) is 0 Å². The van der Waals surface area contributed by atoms with Gasteiger partial charge in [0.05, 0.1) is 11.6 Å². The van der Waals surface area contributed by atoms with Crippen LogP contribution >= 0.6 is 0 Å². The Morgan fingerprint density at radius 3 is 3.12 bits per heavy atom. The van der Waals surface area contributed by atoms with Crippen LogP contribution in [0.3, 0.4) is 0 Å². The first kappa shape index (κ1) is 9.03. The Balaban J connectivity index is 1.84. The zero-order chi connectivity index (χ0) is 10.8. The molecule has 4 nitrogen and oxygen atoms in total. The molecule has 1 aromatic carbocycles. The van der Waals surface area contributed by atoms with Crippen molar-refractivity contribution in [1.29, 1.82) is 0 Å². The maximum atomic E-state index is 5.45. The summed E-state index contributed by atoms with van der Waals surface area (Å²) in [6, 6.07) is 7.67. The fraction of sp³-hybridized carbons (Fsp3) is 0.0833. The minimum Gasteiger partial charge on any atom is -0.455 e. The summed E-state index contributed by atoms with van der Waals surface area (Å²) in [5.74, 6) is 0.953. The van der Waals surface area contributed by atoms with Crippen LogP contribution in [0.25, 0.3) is 10.8 Å². The number of hydrogen-bond donors (Lipinski definition) is 0. The molecule has 0 aliphatic carbocycles. The number of aromatic nitrogens is 1. The number of rotatable bonds is 3. The van der Waals surface area contributed by atoms with Crippen LogP contribution in [0.15, 0.2) is 45.6 Å². The molecule has 3 rings (SSSR count). The van der Waals surface area contributed by atoms with E-state index in [0.29, 0.717) is 11.8 Å². The van der Waals surface area contributed by atoms with E-state index < -0.39 is 0 Å². The molecule has 79 valence electrons. The van der Waals surface area contributed by atoms with Crippen LogP contribution in [0.1, 0.15) is 5.89 Å². The van der Waals surface area contributed by atoms with Gasteiger partial charge in [-0.2, -0.15) is 0 Å². The monoisotopic (exact) mass is 214 g/mol. The average molecular weight is 214 g/mol. The predicted octanol–water partition coefficient (Wildman–Crippen LogP) is 2.80. The van der Waals surface area contributed by atoms with Crippen LogP contribution in [0.4, 0.5) is 0 Å². The number of benzene rings is 1. The van der Waals surface area contributed by atoms with Crippen molar-refractivity contribution in [2.45, 2.75) is 6.61 Å². The zero-order valence-electron chi connectivity index (χ0n) is 8.34. The van der Waals surface area contributed by atoms with Gasteiger partial charge in [-0.3, -0.25) is 0 Å². The topological polar surface area (TPSA) is 48.4 Å². The molecule has 0 fully saturated rings. The van der Waals surface area contributed by atoms with E-state index in [2.05, 4.69) is 11.2 Å². The van der Waals surface area contributed by atoms with Crippen LogP contribution < -0.4 is 4.74 Å². The van der Waals surface area contributed by atoms with Gasteiger partial charge in [0.1, 0.15) is 6.26 Å². The van der Waals surface area contributed by atoms with Crippen LogP contribution in [0.5, 0.6) is 5.95 Å². The Kier molecular flexibility index (Phi) is 2.11. The molecule has 16 heavy (non-hydrogen) atoms. The predicted molar refractivity (Wildman–Crippen MR) is 55.9 cm³/mol. The molecule has 0 aliphatic rings. The van der Waals surface area contributed by atoms with Crippen LogP contribution in [0.2, 0.25) is 0 Å². The van der Waals surface area contributed by atoms with Gasteiger partial charge in [-0.15, -0.1) is 0 Å². The van der Waals surface area contributed by atoms with E-state index in [9.17, 15) is 0 Å². The van der Waals surface area contributed by atoms with Crippen molar-refractivity contribution < 1.29 is 13.6 Å². The van der Waals surface area contributed by atoms with Crippen molar-refractivity contribution in [3.63, 3.8) is 0 Å². The van der Waals surface area contributed by atoms with Crippen molar-refractivity contribution in [1.82, 2.24) is 4.98 Å². The van der Waals surface area contributed by atoms with Gasteiger partial charge in [-0.25, -0.2) is 4.98 Å². The fourth-order valence-electron chi connectivity index (χ4n) is 1.47. The van der Waals surface area contributed by atoms with Gasteiger partial charge < -0.3 is 13.6 Å². The highest BCUT2D eigenvalue weighted by Crippen LogP contribution is 2.27. The maximum absolute atomic E-state index is 5.45. The second-order valence-electron chi connectivity index (χ2n) is 3.25. The highest BCUT2D eigenvalue weighted by Gasteiger charge is 2.08. The Morgan fingerprint density at radius 1 is 1.31 bits per heavy atom. The van der Waals surface area contributed by atoms with E-state index in [-0.39, 0.29) is 6.61 Å². The summed E-state index contributed by atoms with van der Waals surface area (Å²) in [7, 11) is 0. The second-order valence-corrected chi connectivity index (χ2v) is 3.25. The van der Waals surface area contributed by atoms with E-state index in [0.717, 1.165) is 10.8 Å². The molecule has 0 N–H and O–H groups in total. The number of fused-ring (bicyclic) bond motifs is 1. The number of hydrogen-bond acceptors (Lipinski definition) is 4. The minimum absolute atomic E-state index is 0.248. The van der Waals surface area contributed by atoms with Gasteiger partial charge in [-0.1, -0.05) is 18.2 Å². The molecule has 0 saturated carbocycles. The Labute approximate surface area is 91.5 Å². The molecule has 2 heterocycles. The van der Waals surface area contributed by atoms with E-state index in [1.807, 2.05) is 24.3 Å². The van der Waals surface area contributed by atoms with Gasteiger partial charge in [0.2, 0.25) is 5.89 Å². The summed E-state index contributed by atoms with van der Waals surface area (Å²) < 4.78 is 15.7. The van der Waals surface area contributed by atoms with Crippen LogP contribution in [-0.4, -0.2) is 4.98 Å². The summed E-state index contributed by atoms with van der Waals surface area (Å²) in [6.07, 6.45) is 5.85. The van der Waals surface area contributed by atoms with Gasteiger partial charge in [0.25, 0.3) is 5.95 Å². The summed E-state index contributed by atoms with van der Waals surface area (Å²) in [4.78, 5) is 3.95. The largest absolute Gasteiger partial charge is 0.455 e. The lowest BCUT2D eigenvalue weighted by molar-refractivity contribution is 0.209. The normalized spacial score (nSPS) is 10.8. The first-order valence-corrected chi connectivity index (χ1v) is 4.84. The molecule has 2 aromatic heterocycles. The molecule has 1 radical (unpaired) electrons. The van der Waals surface area contributed by atoms with E-state index in [1.165, 1.54) is 6.26 Å². The molecule has 3 aromatic rings. The van der Waals surface area contributed by atoms with Crippen molar-refractivity contribution in [2.24, 2.45) is 0 Å². The summed E-state index contributed by atoms with van der Waals surface area (Å²) in [5.41, 5.74) is 0. The molecule has 0 atom stereocenters. The summed E-state index contributed by atoms with van der Waals surface area (Å²) in [5, 5.41) is 1.79. The van der Waals surface area contributed by atoms with Gasteiger partial charge >= 0.3 is 0 Å². The molecule has 0 amide bonds. The third-order valence-corrected chi connectivity index (χ3v) is 2.21. The van der Waals surface area contributed by atoms with Crippen LogP contribution in [-0.2, 0) is 6.61 Å². The lowest BCUT2D eigenvalue weighted by atomic mass is 10.2. The molecular formula is C12H8NO3. The quantitative estimate of drug-likeness (QED) is 0.672. The highest BCUT2D eigenvalue weighted by molar-refractivity contribution is 5.85. The van der Waals surface area contributed by atoms with Crippen molar-refractivity contribution in [3.8, 4) is 5.95 Å². The number of furan rings is 1. The van der Waals surface area contributed by atoms with Crippen molar-refractivity contribution in [3.05, 3.63) is 48.9 Å². The minimum atomic E-state index is 0.248. The SMILES string of the molecule is [c]1oc(OCc2ncco2)c2ccccc12. The van der Waals surface area contributed by atoms with E-state index >= 15 is 0 Å². The average Bonchev–Trinajstić information content (AvgIpc) is 2.96. The Morgan fingerprint density at radius 2 is 2.25 bits per heavy atom. The molecule has 0 spiro atoms. The van der Waals surface area contributed by atoms with E-state index in [4.69, 9.17) is 13.6 Å². The lowest BCUT2D eigenvalue weighted by Crippen LogP contribution is -1.94. The molecule has 0 aliphatic heterocycles. The maximum Gasteiger partial charge on any atom is 0.293 e. The summed E-state index contributed by atoms with van der Waals surface area (Å²) >= 11 is 0. The lowest BCUT2D eigenvalue weighted by Gasteiger charge is -1.98. The number of oxazole rings is 1. The molecular weight excluding hydrogens is 206 g/mol. The van der Waals surface area contributed by atoms with Gasteiger partial charge in [-0.05, 0) is 6.07 Å². The number of ether oxygens (including phenoxy) is 1. The van der Waals surface area contributed by atoms with Crippen LogP contribution in [0, 0.1) is 6.26 Å². The molecule has 4 heteroatoms. The Bertz CT molecular complexity index is 583. The van der Waals surface area contributed by atoms with E-state index in [1.54, 1.807) is 6.20 Å². The second kappa shape index (κ2) is 3.73. The molecule has 0 bridgehead atoms. The zero-order valence-corrected chi connectivity index (χ0v) is 8.34. The third-order valence-electron chi connectivity index (χ3n) is 2.21. The Hall–Kier alpha value is -2.23. The first-order chi connectivity index (χ1) is 7.93. The highest BCUT2D eigenvalue weighted by atomic mass is 16.6.